The van der Waals surface area contributed by atoms with Crippen LogP contribution in [-0.2, 0) is 4.79 Å². The Morgan fingerprint density at radius 2 is 2.27 bits per heavy atom. The van der Waals surface area contributed by atoms with Gasteiger partial charge in [0, 0.05) is 19.7 Å². The number of anilines is 1. The zero-order chi connectivity index (χ0) is 11.3. The highest BCUT2D eigenvalue weighted by atomic mass is 16.2. The first kappa shape index (κ1) is 11.5. The Balaban J connectivity index is 2.92. The fourth-order valence-electron chi connectivity index (χ4n) is 1.21. The molecule has 0 aromatic heterocycles. The van der Waals surface area contributed by atoms with Gasteiger partial charge >= 0.3 is 0 Å². The smallest absolute Gasteiger partial charge is 0.223 e. The highest BCUT2D eigenvalue weighted by Gasteiger charge is 2.04. The summed E-state index contributed by atoms with van der Waals surface area (Å²) in [5.41, 5.74) is 1.82. The zero-order valence-corrected chi connectivity index (χ0v) is 8.97. The average molecular weight is 205 g/mol. The van der Waals surface area contributed by atoms with Gasteiger partial charge in [-0.25, -0.2) is 0 Å². The molecular formula is C12H15NO2. The highest BCUT2D eigenvalue weighted by Crippen LogP contribution is 2.15. The van der Waals surface area contributed by atoms with Gasteiger partial charge in [0.2, 0.25) is 5.91 Å². The summed E-state index contributed by atoms with van der Waals surface area (Å²) < 4.78 is 0. The number of rotatable bonds is 3. The molecule has 1 aromatic rings. The second-order valence-electron chi connectivity index (χ2n) is 3.26. The van der Waals surface area contributed by atoms with Crippen molar-refractivity contribution in [3.8, 4) is 0 Å². The fraction of sp³-hybridized carbons (Fsp3) is 0.250. The molecule has 0 radical (unpaired) electrons. The largest absolute Gasteiger partial charge is 0.392 e. The third-order valence-corrected chi connectivity index (χ3v) is 2.15. The molecule has 1 aromatic carbocycles. The molecule has 0 atom stereocenters. The fourth-order valence-corrected chi connectivity index (χ4v) is 1.21. The molecule has 1 N–H and O–H groups in total. The molecule has 80 valence electrons. The van der Waals surface area contributed by atoms with Gasteiger partial charge in [-0.05, 0) is 17.7 Å². The molecule has 0 saturated carbocycles. The lowest BCUT2D eigenvalue weighted by atomic mass is 10.2. The minimum Gasteiger partial charge on any atom is -0.392 e. The summed E-state index contributed by atoms with van der Waals surface area (Å²) in [6, 6.07) is 7.57. The van der Waals surface area contributed by atoms with E-state index in [2.05, 4.69) is 0 Å². The van der Waals surface area contributed by atoms with E-state index in [9.17, 15) is 4.79 Å². The maximum Gasteiger partial charge on any atom is 0.223 e. The van der Waals surface area contributed by atoms with E-state index < -0.39 is 0 Å². The molecule has 0 unspecified atom stereocenters. The van der Waals surface area contributed by atoms with E-state index in [4.69, 9.17) is 5.11 Å². The summed E-state index contributed by atoms with van der Waals surface area (Å²) in [5, 5.41) is 8.64. The Morgan fingerprint density at radius 3 is 2.87 bits per heavy atom. The van der Waals surface area contributed by atoms with Crippen molar-refractivity contribution in [1.82, 2.24) is 0 Å². The third-order valence-electron chi connectivity index (χ3n) is 2.15. The van der Waals surface area contributed by atoms with Gasteiger partial charge < -0.3 is 10.0 Å². The summed E-state index contributed by atoms with van der Waals surface area (Å²) in [4.78, 5) is 12.7. The van der Waals surface area contributed by atoms with Crippen LogP contribution in [0, 0.1) is 0 Å². The van der Waals surface area contributed by atoms with Crippen LogP contribution in [0.4, 0.5) is 5.69 Å². The van der Waals surface area contributed by atoms with Crippen LogP contribution in [0.3, 0.4) is 0 Å². The molecule has 0 spiro atoms. The second-order valence-corrected chi connectivity index (χ2v) is 3.26. The van der Waals surface area contributed by atoms with Crippen molar-refractivity contribution in [1.29, 1.82) is 0 Å². The van der Waals surface area contributed by atoms with Gasteiger partial charge in [0.1, 0.15) is 0 Å². The summed E-state index contributed by atoms with van der Waals surface area (Å²) in [6.07, 6.45) is 3.48. The van der Waals surface area contributed by atoms with Crippen molar-refractivity contribution in [3.05, 3.63) is 35.9 Å². The molecule has 0 aliphatic carbocycles. The maximum atomic E-state index is 11.1. The number of hydrogen-bond donors (Lipinski definition) is 1. The van der Waals surface area contributed by atoms with Gasteiger partial charge in [0.05, 0.1) is 6.61 Å². The van der Waals surface area contributed by atoms with Crippen molar-refractivity contribution >= 4 is 17.7 Å². The van der Waals surface area contributed by atoms with Crippen LogP contribution < -0.4 is 4.90 Å². The zero-order valence-electron chi connectivity index (χ0n) is 8.97. The first-order valence-corrected chi connectivity index (χ1v) is 4.77. The van der Waals surface area contributed by atoms with Crippen molar-refractivity contribution in [2.75, 3.05) is 18.6 Å². The van der Waals surface area contributed by atoms with Crippen molar-refractivity contribution in [2.45, 2.75) is 6.92 Å². The number of aliphatic hydroxyl groups excluding tert-OH is 1. The van der Waals surface area contributed by atoms with Crippen LogP contribution in [-0.4, -0.2) is 24.7 Å². The molecule has 0 aliphatic heterocycles. The Kier molecular flexibility index (Phi) is 4.06. The monoisotopic (exact) mass is 205 g/mol. The van der Waals surface area contributed by atoms with Crippen molar-refractivity contribution in [2.24, 2.45) is 0 Å². The number of aliphatic hydroxyl groups is 1. The van der Waals surface area contributed by atoms with Gasteiger partial charge in [-0.15, -0.1) is 0 Å². The summed E-state index contributed by atoms with van der Waals surface area (Å²) in [6.45, 7) is 1.54. The Bertz CT molecular complexity index is 372. The number of benzene rings is 1. The van der Waals surface area contributed by atoms with Gasteiger partial charge in [0.15, 0.2) is 0 Å². The summed E-state index contributed by atoms with van der Waals surface area (Å²) in [7, 11) is 1.73. The second kappa shape index (κ2) is 5.32. The van der Waals surface area contributed by atoms with E-state index in [1.54, 1.807) is 18.0 Å². The van der Waals surface area contributed by atoms with Gasteiger partial charge in [0.25, 0.3) is 0 Å². The average Bonchev–Trinajstić information content (AvgIpc) is 2.25. The van der Waals surface area contributed by atoms with E-state index in [0.29, 0.717) is 0 Å². The lowest BCUT2D eigenvalue weighted by Crippen LogP contribution is -2.22. The molecule has 0 aliphatic rings. The molecule has 1 amide bonds. The maximum absolute atomic E-state index is 11.1. The lowest BCUT2D eigenvalue weighted by Gasteiger charge is -2.15. The Labute approximate surface area is 89.6 Å². The van der Waals surface area contributed by atoms with E-state index in [0.717, 1.165) is 11.3 Å². The quantitative estimate of drug-likeness (QED) is 0.815. The van der Waals surface area contributed by atoms with Crippen LogP contribution in [0.15, 0.2) is 30.3 Å². The van der Waals surface area contributed by atoms with Crippen molar-refractivity contribution in [3.63, 3.8) is 0 Å². The third kappa shape index (κ3) is 3.22. The standard InChI is InChI=1S/C12H15NO2/c1-10(15)13(2)12-7-3-5-11(9-12)6-4-8-14/h3-7,9,14H,8H2,1-2H3. The number of carbonyl (C=O) groups is 1. The Hall–Kier alpha value is -1.61. The number of nitrogens with zero attached hydrogens (tertiary/aromatic N) is 1. The molecular weight excluding hydrogens is 190 g/mol. The predicted octanol–water partition coefficient (Wildman–Crippen LogP) is 1.67. The molecule has 0 fully saturated rings. The van der Waals surface area contributed by atoms with Crippen LogP contribution >= 0.6 is 0 Å². The van der Waals surface area contributed by atoms with Crippen LogP contribution in [0.5, 0.6) is 0 Å². The minimum atomic E-state index is -0.00159. The van der Waals surface area contributed by atoms with Gasteiger partial charge in [-0.3, -0.25) is 4.79 Å². The van der Waals surface area contributed by atoms with Crippen molar-refractivity contribution < 1.29 is 9.90 Å². The van der Waals surface area contributed by atoms with E-state index in [-0.39, 0.29) is 12.5 Å². The molecule has 0 saturated heterocycles. The highest BCUT2D eigenvalue weighted by molar-refractivity contribution is 5.91. The first-order valence-electron chi connectivity index (χ1n) is 4.77. The number of amides is 1. The van der Waals surface area contributed by atoms with Gasteiger partial charge in [-0.1, -0.05) is 24.3 Å². The molecule has 0 bridgehead atoms. The molecule has 0 heterocycles. The molecule has 1 rings (SSSR count). The van der Waals surface area contributed by atoms with Crippen LogP contribution in [0.1, 0.15) is 12.5 Å². The summed E-state index contributed by atoms with van der Waals surface area (Å²) >= 11 is 0. The van der Waals surface area contributed by atoms with Crippen LogP contribution in [0.25, 0.3) is 6.08 Å². The minimum absolute atomic E-state index is 0.00159. The molecule has 3 nitrogen and oxygen atoms in total. The Morgan fingerprint density at radius 1 is 1.53 bits per heavy atom. The summed E-state index contributed by atoms with van der Waals surface area (Å²) in [5.74, 6) is -0.00159. The van der Waals surface area contributed by atoms with Crippen LogP contribution in [0.2, 0.25) is 0 Å². The first-order chi connectivity index (χ1) is 7.15. The van der Waals surface area contributed by atoms with E-state index in [1.807, 2.05) is 30.3 Å². The lowest BCUT2D eigenvalue weighted by molar-refractivity contribution is -0.116. The predicted molar refractivity (Wildman–Crippen MR) is 61.6 cm³/mol. The van der Waals surface area contributed by atoms with E-state index in [1.165, 1.54) is 6.92 Å². The number of hydrogen-bond acceptors (Lipinski definition) is 2. The molecule has 15 heavy (non-hydrogen) atoms. The van der Waals surface area contributed by atoms with Gasteiger partial charge in [-0.2, -0.15) is 0 Å². The molecule has 3 heteroatoms. The number of carbonyl (C=O) groups excluding carboxylic acids is 1. The SMILES string of the molecule is CC(=O)N(C)c1cccc(C=CCO)c1. The topological polar surface area (TPSA) is 40.5 Å². The normalized spacial score (nSPS) is 10.6. The van der Waals surface area contributed by atoms with E-state index >= 15 is 0 Å².